The van der Waals surface area contributed by atoms with Crippen molar-refractivity contribution in [2.75, 3.05) is 33.5 Å². The van der Waals surface area contributed by atoms with Crippen LogP contribution in [-0.4, -0.2) is 272 Å². The topological polar surface area (TPSA) is 454 Å². The zero-order chi connectivity index (χ0) is 46.8. The summed E-state index contributed by atoms with van der Waals surface area (Å²) in [5, 5.41) is 151. The van der Waals surface area contributed by atoms with Crippen LogP contribution < -0.4 is 34.7 Å². The SMILES string of the molecule is CO[C@@H]1O[C@H](CO)[C@@H](O[C@@H]2O[C@H](CO)[C@H](O)[C@H](O[C@@H]3O[C@H](CO)[C@@H](O[C@@H]4O[C@H](CO)[C@H](O)[C@H](OS(=O)(=O)O)[C@H]4O)[C@H](O[C@@H]4O[C@@H](C)[C@@H](O)[C@@H](O)[C@@H]4O)[C@H]3N=C(C)[O-])[C@H]2O)[C@H](O)[C@H]1O.[Na+]. The minimum Gasteiger partial charge on any atom is -0.862 e. The van der Waals surface area contributed by atoms with Gasteiger partial charge in [0.15, 0.2) is 31.5 Å². The predicted octanol–water partition coefficient (Wildman–Crippen LogP) is -13.6. The maximum atomic E-state index is 12.8. The van der Waals surface area contributed by atoms with Gasteiger partial charge in [-0.25, -0.2) is 4.18 Å². The Balaban J connectivity index is 0.00000898. The van der Waals surface area contributed by atoms with E-state index in [1.54, 1.807) is 0 Å². The molecular formula is C33H56NNaO28S. The zero-order valence-corrected chi connectivity index (χ0v) is 37.4. The molecule has 25 atom stereocenters. The summed E-state index contributed by atoms with van der Waals surface area (Å²) in [4.78, 5) is 3.97. The largest absolute Gasteiger partial charge is 1.00 e. The van der Waals surface area contributed by atoms with Crippen LogP contribution in [0.15, 0.2) is 4.99 Å². The number of aliphatic hydroxyl groups excluding tert-OH is 13. The van der Waals surface area contributed by atoms with Gasteiger partial charge < -0.3 is 119 Å². The van der Waals surface area contributed by atoms with Crippen LogP contribution in [-0.2, 0) is 62.0 Å². The molecule has 368 valence electrons. The number of aliphatic hydroxyl groups is 13. The van der Waals surface area contributed by atoms with E-state index in [1.807, 2.05) is 0 Å². The minimum absolute atomic E-state index is 0. The number of rotatable bonds is 16. The second-order valence-electron chi connectivity index (χ2n) is 15.3. The molecule has 5 fully saturated rings. The van der Waals surface area contributed by atoms with Gasteiger partial charge in [-0.05, 0) is 19.7 Å². The summed E-state index contributed by atoms with van der Waals surface area (Å²) in [5.74, 6) is -1.02. The summed E-state index contributed by atoms with van der Waals surface area (Å²) in [5.41, 5.74) is 0. The van der Waals surface area contributed by atoms with Crippen molar-refractivity contribution in [1.82, 2.24) is 0 Å². The van der Waals surface area contributed by atoms with Gasteiger partial charge in [-0.3, -0.25) is 9.55 Å². The van der Waals surface area contributed by atoms with E-state index in [4.69, 9.17) is 47.4 Å². The van der Waals surface area contributed by atoms with Crippen LogP contribution in [0.5, 0.6) is 0 Å². The van der Waals surface area contributed by atoms with E-state index >= 15 is 0 Å². The van der Waals surface area contributed by atoms with E-state index in [9.17, 15) is 84.5 Å². The van der Waals surface area contributed by atoms with Gasteiger partial charge in [0.2, 0.25) is 0 Å². The van der Waals surface area contributed by atoms with Crippen LogP contribution in [0.3, 0.4) is 0 Å². The normalized spacial score (nSPS) is 48.4. The van der Waals surface area contributed by atoms with Crippen LogP contribution in [0.1, 0.15) is 13.8 Å². The van der Waals surface area contributed by atoms with Crippen LogP contribution in [0.4, 0.5) is 0 Å². The summed E-state index contributed by atoms with van der Waals surface area (Å²) >= 11 is 0. The molecule has 0 bridgehead atoms. The molecule has 0 aliphatic carbocycles. The van der Waals surface area contributed by atoms with Crippen molar-refractivity contribution in [3.8, 4) is 0 Å². The number of ether oxygens (including phenoxy) is 10. The van der Waals surface area contributed by atoms with Gasteiger partial charge in [-0.1, -0.05) is 0 Å². The molecule has 0 unspecified atom stereocenters. The molecular weight excluding hydrogens is 913 g/mol. The van der Waals surface area contributed by atoms with Crippen LogP contribution in [0.2, 0.25) is 0 Å². The summed E-state index contributed by atoms with van der Waals surface area (Å²) in [6.07, 6.45) is -45.5. The van der Waals surface area contributed by atoms with Gasteiger partial charge in [0.05, 0.1) is 32.5 Å². The Hall–Kier alpha value is -0.580. The van der Waals surface area contributed by atoms with Gasteiger partial charge in [-0.15, -0.1) is 0 Å². The van der Waals surface area contributed by atoms with Gasteiger partial charge >= 0.3 is 40.0 Å². The smallest absolute Gasteiger partial charge is 0.862 e. The molecule has 5 saturated heterocycles. The van der Waals surface area contributed by atoms with Crippen LogP contribution >= 0.6 is 0 Å². The standard InChI is InChI=1S/C33H57NO28S.Na/c1-8-15(40)18(43)20(45)31(53-8)60-26-14(34-9(2)39)29(56-13(7-38)25(26)59-33-23(48)28(62-63(49,50)51)17(42)11(5-36)55-33)61-27-16(41)10(4-35)54-32(22(27)47)58-24-12(6-37)57-30(52-3)21(46)19(24)44;/h8,10-33,35-38,40-48H,4-7H2,1-3H3,(H,34,39)(H,49,50,51);/q;+1/p-1/t8-,10+,11+,12+,13+,14+,15+,16-,17-,18+,19+,20-,21+,22+,23+,24+,25+,26+,27-,28-,29-,30+,31-,32-,33-;/m0./s1. The van der Waals surface area contributed by atoms with Crippen molar-refractivity contribution in [3.63, 3.8) is 0 Å². The molecule has 64 heavy (non-hydrogen) atoms. The van der Waals surface area contributed by atoms with Gasteiger partial charge in [0.1, 0.15) is 116 Å². The van der Waals surface area contributed by atoms with Gasteiger partial charge in [-0.2, -0.15) is 8.42 Å². The van der Waals surface area contributed by atoms with Crippen molar-refractivity contribution in [1.29, 1.82) is 0 Å². The third-order valence-corrected chi connectivity index (χ3v) is 11.5. The summed E-state index contributed by atoms with van der Waals surface area (Å²) in [6, 6.07) is -1.96. The Morgan fingerprint density at radius 1 is 0.531 bits per heavy atom. The third-order valence-electron chi connectivity index (χ3n) is 11.0. The number of aliphatic imine (C=N–C) groups is 1. The molecule has 29 nitrogen and oxygen atoms in total. The Morgan fingerprint density at radius 3 is 1.47 bits per heavy atom. The maximum Gasteiger partial charge on any atom is 1.00 e. The average Bonchev–Trinajstić information content (AvgIpc) is 3.23. The fourth-order valence-electron chi connectivity index (χ4n) is 7.72. The van der Waals surface area contributed by atoms with Crippen LogP contribution in [0.25, 0.3) is 0 Å². The van der Waals surface area contributed by atoms with Crippen molar-refractivity contribution in [3.05, 3.63) is 0 Å². The first-order chi connectivity index (χ1) is 29.6. The number of nitrogens with zero attached hydrogens (tertiary/aromatic N) is 1. The van der Waals surface area contributed by atoms with Crippen molar-refractivity contribution >= 4 is 16.3 Å². The molecule has 0 aromatic carbocycles. The Labute approximate surface area is 386 Å². The average molecular weight is 970 g/mol. The first-order valence-electron chi connectivity index (χ1n) is 19.5. The molecule has 14 N–H and O–H groups in total. The molecule has 5 rings (SSSR count). The van der Waals surface area contributed by atoms with Crippen molar-refractivity contribution < 1.29 is 166 Å². The van der Waals surface area contributed by atoms with Gasteiger partial charge in [0.25, 0.3) is 0 Å². The molecule has 0 aromatic heterocycles. The first-order valence-corrected chi connectivity index (χ1v) is 20.8. The summed E-state index contributed by atoms with van der Waals surface area (Å²) in [6.45, 7) is -1.80. The molecule has 0 aromatic rings. The summed E-state index contributed by atoms with van der Waals surface area (Å²) in [7, 11) is -4.26. The van der Waals surface area contributed by atoms with Crippen LogP contribution in [0, 0.1) is 0 Å². The summed E-state index contributed by atoms with van der Waals surface area (Å²) < 4.78 is 93.7. The maximum absolute atomic E-state index is 12.8. The van der Waals surface area contributed by atoms with E-state index in [-0.39, 0.29) is 29.6 Å². The monoisotopic (exact) mass is 969 g/mol. The van der Waals surface area contributed by atoms with E-state index in [2.05, 4.69) is 9.18 Å². The van der Waals surface area contributed by atoms with E-state index in [1.165, 1.54) is 6.92 Å². The molecule has 0 saturated carbocycles. The van der Waals surface area contributed by atoms with E-state index in [0.717, 1.165) is 14.0 Å². The second kappa shape index (κ2) is 23.8. The Bertz CT molecular complexity index is 1590. The van der Waals surface area contributed by atoms with Crippen molar-refractivity contribution in [2.45, 2.75) is 167 Å². The fourth-order valence-corrected chi connectivity index (χ4v) is 8.23. The zero-order valence-electron chi connectivity index (χ0n) is 34.6. The molecule has 0 radical (unpaired) electrons. The third kappa shape index (κ3) is 12.4. The van der Waals surface area contributed by atoms with E-state index < -0.39 is 196 Å². The fraction of sp³-hybridized carbons (Fsp3) is 0.970. The van der Waals surface area contributed by atoms with Gasteiger partial charge in [0, 0.05) is 7.11 Å². The quantitative estimate of drug-likeness (QED) is 0.0296. The number of hydrogen-bond acceptors (Lipinski definition) is 28. The second-order valence-corrected chi connectivity index (χ2v) is 16.3. The number of hydrogen-bond donors (Lipinski definition) is 14. The molecule has 5 aliphatic heterocycles. The molecule has 0 amide bonds. The molecule has 0 spiro atoms. The minimum atomic E-state index is -5.41. The van der Waals surface area contributed by atoms with Crippen molar-refractivity contribution in [2.24, 2.45) is 4.99 Å². The first kappa shape index (κ1) is 56.0. The molecule has 5 heterocycles. The molecule has 5 aliphatic rings. The Kier molecular flexibility index (Phi) is 20.8. The molecule has 31 heteroatoms. The van der Waals surface area contributed by atoms with E-state index in [0.29, 0.717) is 0 Å². The number of methoxy groups -OCH3 is 1. The predicted molar refractivity (Wildman–Crippen MR) is 191 cm³/mol. The Morgan fingerprint density at radius 2 is 0.953 bits per heavy atom.